The van der Waals surface area contributed by atoms with Gasteiger partial charge in [0.1, 0.15) is 17.3 Å². The van der Waals surface area contributed by atoms with E-state index in [4.69, 9.17) is 15.4 Å². The third-order valence-electron chi connectivity index (χ3n) is 2.33. The molecular weight excluding hydrogens is 236 g/mol. The minimum Gasteiger partial charge on any atom is -0.478 e. The number of hydrogen-bond donors (Lipinski definition) is 3. The van der Waals surface area contributed by atoms with Gasteiger partial charge in [0.2, 0.25) is 0 Å². The predicted molar refractivity (Wildman–Crippen MR) is 64.2 cm³/mol. The van der Waals surface area contributed by atoms with Crippen LogP contribution in [0, 0.1) is 6.92 Å². The monoisotopic (exact) mass is 248 g/mol. The average Bonchev–Trinajstić information content (AvgIpc) is 2.73. The van der Waals surface area contributed by atoms with Crippen molar-refractivity contribution >= 4 is 17.5 Å². The standard InChI is InChI=1S/C11H12N4O3/c1-6-4-7(15-18-6)5-14-10-9(12)8(11(16)17)2-3-13-10/h2-4H,5,12H2,1H3,(H,13,14)(H,16,17). The van der Waals surface area contributed by atoms with Crippen LogP contribution in [0.2, 0.25) is 0 Å². The topological polar surface area (TPSA) is 114 Å². The van der Waals surface area contributed by atoms with E-state index in [9.17, 15) is 4.79 Å². The van der Waals surface area contributed by atoms with Crippen molar-refractivity contribution in [2.75, 3.05) is 11.1 Å². The zero-order valence-corrected chi connectivity index (χ0v) is 9.67. The Balaban J connectivity index is 2.14. The number of hydrogen-bond acceptors (Lipinski definition) is 6. The van der Waals surface area contributed by atoms with Gasteiger partial charge in [0.25, 0.3) is 0 Å². The molecule has 0 spiro atoms. The van der Waals surface area contributed by atoms with E-state index < -0.39 is 5.97 Å². The van der Waals surface area contributed by atoms with Crippen molar-refractivity contribution in [3.8, 4) is 0 Å². The Hall–Kier alpha value is -2.57. The summed E-state index contributed by atoms with van der Waals surface area (Å²) in [5.41, 5.74) is 6.51. The smallest absolute Gasteiger partial charge is 0.337 e. The van der Waals surface area contributed by atoms with Crippen molar-refractivity contribution in [2.24, 2.45) is 0 Å². The highest BCUT2D eigenvalue weighted by molar-refractivity contribution is 5.96. The fraction of sp³-hybridized carbons (Fsp3) is 0.182. The number of carboxylic acid groups (broad SMARTS) is 1. The van der Waals surface area contributed by atoms with Gasteiger partial charge in [-0.15, -0.1) is 0 Å². The summed E-state index contributed by atoms with van der Waals surface area (Å²) in [7, 11) is 0. The normalized spacial score (nSPS) is 10.3. The van der Waals surface area contributed by atoms with Gasteiger partial charge < -0.3 is 20.7 Å². The van der Waals surface area contributed by atoms with Crippen LogP contribution in [0.25, 0.3) is 0 Å². The molecule has 2 rings (SSSR count). The predicted octanol–water partition coefficient (Wildman–Crippen LogP) is 1.27. The lowest BCUT2D eigenvalue weighted by atomic mass is 10.2. The number of nitrogens with zero attached hydrogens (tertiary/aromatic N) is 2. The number of nitrogens with two attached hydrogens (primary N) is 1. The molecular formula is C11H12N4O3. The van der Waals surface area contributed by atoms with E-state index in [1.165, 1.54) is 12.3 Å². The molecule has 0 aliphatic heterocycles. The molecule has 0 unspecified atom stereocenters. The van der Waals surface area contributed by atoms with Gasteiger partial charge in [-0.05, 0) is 13.0 Å². The maximum atomic E-state index is 10.9. The zero-order valence-electron chi connectivity index (χ0n) is 9.67. The van der Waals surface area contributed by atoms with Gasteiger partial charge in [-0.1, -0.05) is 5.16 Å². The summed E-state index contributed by atoms with van der Waals surface area (Å²) in [6.07, 6.45) is 1.39. The number of aromatic nitrogens is 2. The second kappa shape index (κ2) is 4.74. The van der Waals surface area contributed by atoms with Crippen LogP contribution >= 0.6 is 0 Å². The Kier molecular flexibility index (Phi) is 3.13. The molecule has 0 saturated carbocycles. The lowest BCUT2D eigenvalue weighted by Gasteiger charge is -2.08. The number of carbonyl (C=O) groups is 1. The first-order chi connectivity index (χ1) is 8.58. The quantitative estimate of drug-likeness (QED) is 0.746. The molecule has 7 heteroatoms. The zero-order chi connectivity index (χ0) is 13.1. The summed E-state index contributed by atoms with van der Waals surface area (Å²) in [6, 6.07) is 3.12. The van der Waals surface area contributed by atoms with E-state index in [0.29, 0.717) is 23.8 Å². The fourth-order valence-corrected chi connectivity index (χ4v) is 1.48. The first-order valence-electron chi connectivity index (χ1n) is 5.21. The molecule has 4 N–H and O–H groups in total. The summed E-state index contributed by atoms with van der Waals surface area (Å²) >= 11 is 0. The largest absolute Gasteiger partial charge is 0.478 e. The molecule has 2 heterocycles. The molecule has 2 aromatic heterocycles. The van der Waals surface area contributed by atoms with Crippen LogP contribution in [0.15, 0.2) is 22.9 Å². The number of aromatic carboxylic acids is 1. The number of rotatable bonds is 4. The molecule has 0 fully saturated rings. The number of pyridine rings is 1. The molecule has 0 aliphatic rings. The molecule has 7 nitrogen and oxygen atoms in total. The Morgan fingerprint density at radius 1 is 1.61 bits per heavy atom. The van der Waals surface area contributed by atoms with Gasteiger partial charge in [-0.25, -0.2) is 9.78 Å². The van der Waals surface area contributed by atoms with Crippen molar-refractivity contribution in [1.82, 2.24) is 10.1 Å². The third-order valence-corrected chi connectivity index (χ3v) is 2.33. The Labute approximate surface area is 103 Å². The lowest BCUT2D eigenvalue weighted by molar-refractivity contribution is 0.0698. The van der Waals surface area contributed by atoms with Gasteiger partial charge in [0.15, 0.2) is 0 Å². The Bertz CT molecular complexity index is 579. The average molecular weight is 248 g/mol. The molecule has 0 atom stereocenters. The maximum Gasteiger partial charge on any atom is 0.337 e. The van der Waals surface area contributed by atoms with Crippen LogP contribution in [0.4, 0.5) is 11.5 Å². The molecule has 0 aliphatic carbocycles. The first kappa shape index (κ1) is 11.9. The summed E-state index contributed by atoms with van der Waals surface area (Å²) < 4.78 is 4.91. The van der Waals surface area contributed by atoms with Crippen molar-refractivity contribution in [1.29, 1.82) is 0 Å². The molecule has 2 aromatic rings. The van der Waals surface area contributed by atoms with Crippen molar-refractivity contribution in [3.05, 3.63) is 35.3 Å². The van der Waals surface area contributed by atoms with Crippen LogP contribution in [0.3, 0.4) is 0 Å². The third kappa shape index (κ3) is 2.40. The van der Waals surface area contributed by atoms with Gasteiger partial charge in [-0.2, -0.15) is 0 Å². The molecule has 0 amide bonds. The van der Waals surface area contributed by atoms with Crippen LogP contribution in [0.5, 0.6) is 0 Å². The van der Waals surface area contributed by atoms with E-state index >= 15 is 0 Å². The minimum absolute atomic E-state index is 0.0174. The summed E-state index contributed by atoms with van der Waals surface area (Å²) in [6.45, 7) is 2.14. The minimum atomic E-state index is -1.09. The molecule has 0 saturated heterocycles. The highest BCUT2D eigenvalue weighted by Crippen LogP contribution is 2.20. The fourth-order valence-electron chi connectivity index (χ4n) is 1.48. The van der Waals surface area contributed by atoms with Crippen LogP contribution < -0.4 is 11.1 Å². The lowest BCUT2D eigenvalue weighted by Crippen LogP contribution is -2.09. The van der Waals surface area contributed by atoms with Crippen molar-refractivity contribution in [3.63, 3.8) is 0 Å². The number of aryl methyl sites for hydroxylation is 1. The summed E-state index contributed by atoms with van der Waals surface area (Å²) in [5.74, 6) is -0.0715. The first-order valence-corrected chi connectivity index (χ1v) is 5.21. The van der Waals surface area contributed by atoms with Gasteiger partial charge in [0.05, 0.1) is 17.8 Å². The van der Waals surface area contributed by atoms with E-state index in [0.717, 1.165) is 0 Å². The van der Waals surface area contributed by atoms with Gasteiger partial charge >= 0.3 is 5.97 Å². The number of anilines is 2. The van der Waals surface area contributed by atoms with Crippen molar-refractivity contribution in [2.45, 2.75) is 13.5 Å². The summed E-state index contributed by atoms with van der Waals surface area (Å²) in [5, 5.41) is 15.6. The number of carboxylic acids is 1. The van der Waals surface area contributed by atoms with E-state index in [1.807, 2.05) is 0 Å². The highest BCUT2D eigenvalue weighted by atomic mass is 16.5. The second-order valence-electron chi connectivity index (χ2n) is 3.71. The maximum absolute atomic E-state index is 10.9. The van der Waals surface area contributed by atoms with Crippen molar-refractivity contribution < 1.29 is 14.4 Å². The van der Waals surface area contributed by atoms with Crippen LogP contribution in [0.1, 0.15) is 21.8 Å². The molecule has 0 bridgehead atoms. The molecule has 0 aromatic carbocycles. The van der Waals surface area contributed by atoms with Crippen LogP contribution in [-0.2, 0) is 6.54 Å². The van der Waals surface area contributed by atoms with Gasteiger partial charge in [0, 0.05) is 12.3 Å². The molecule has 94 valence electrons. The second-order valence-corrected chi connectivity index (χ2v) is 3.71. The Morgan fingerprint density at radius 2 is 2.39 bits per heavy atom. The number of nitrogen functional groups attached to an aromatic ring is 1. The van der Waals surface area contributed by atoms with E-state index in [-0.39, 0.29) is 11.3 Å². The van der Waals surface area contributed by atoms with Crippen LogP contribution in [-0.4, -0.2) is 21.2 Å². The SMILES string of the molecule is Cc1cc(CNc2nccc(C(=O)O)c2N)no1. The molecule has 18 heavy (non-hydrogen) atoms. The molecule has 0 radical (unpaired) electrons. The van der Waals surface area contributed by atoms with E-state index in [1.54, 1.807) is 13.0 Å². The van der Waals surface area contributed by atoms with E-state index in [2.05, 4.69) is 15.5 Å². The number of nitrogens with one attached hydrogen (secondary N) is 1. The Morgan fingerprint density at radius 3 is 3.00 bits per heavy atom. The highest BCUT2D eigenvalue weighted by Gasteiger charge is 2.12. The van der Waals surface area contributed by atoms with Gasteiger partial charge in [-0.3, -0.25) is 0 Å². The summed E-state index contributed by atoms with van der Waals surface area (Å²) in [4.78, 5) is 14.9.